The number of hydrogen-bond acceptors (Lipinski definition) is 8. The van der Waals surface area contributed by atoms with Crippen LogP contribution in [-0.2, 0) is 6.42 Å². The minimum atomic E-state index is 0.0884. The third-order valence-corrected chi connectivity index (χ3v) is 5.73. The van der Waals surface area contributed by atoms with Gasteiger partial charge in [0, 0.05) is 16.8 Å². The molecule has 2 aromatic carbocycles. The van der Waals surface area contributed by atoms with E-state index < -0.39 is 0 Å². The lowest BCUT2D eigenvalue weighted by Gasteiger charge is -2.21. The molecule has 0 spiro atoms. The molecule has 1 aromatic heterocycles. The van der Waals surface area contributed by atoms with Crippen molar-refractivity contribution in [3.05, 3.63) is 58.1 Å². The molecule has 0 aliphatic carbocycles. The predicted octanol–water partition coefficient (Wildman–Crippen LogP) is 3.65. The summed E-state index contributed by atoms with van der Waals surface area (Å²) in [6, 6.07) is 11.8. The van der Waals surface area contributed by atoms with Crippen LogP contribution < -0.4 is 20.2 Å². The van der Waals surface area contributed by atoms with Gasteiger partial charge in [-0.1, -0.05) is 23.5 Å². The van der Waals surface area contributed by atoms with Gasteiger partial charge in [-0.3, -0.25) is 0 Å². The Morgan fingerprint density at radius 2 is 1.76 bits per heavy atom. The average Bonchev–Trinajstić information content (AvgIpc) is 3.09. The number of rotatable bonds is 4. The minimum absolute atomic E-state index is 0.0884. The summed E-state index contributed by atoms with van der Waals surface area (Å²) in [5, 5.41) is 17.2. The number of methoxy groups -OCH3 is 2. The molecule has 1 aliphatic heterocycles. The standard InChI is InChI=1S/C21H23N5O2S/c1-12-9-15-10-18(27-3)19(28-4)11-17(15)20(14-5-7-16(22)8-6-14)25-26(12)21-24-23-13(2)29-21/h5-8,10-12H,9,22H2,1-4H3. The van der Waals surface area contributed by atoms with E-state index in [-0.39, 0.29) is 6.04 Å². The van der Waals surface area contributed by atoms with Crippen molar-refractivity contribution in [2.24, 2.45) is 5.10 Å². The summed E-state index contributed by atoms with van der Waals surface area (Å²) >= 11 is 1.53. The second-order valence-electron chi connectivity index (χ2n) is 6.94. The van der Waals surface area contributed by atoms with Gasteiger partial charge in [-0.25, -0.2) is 5.01 Å². The van der Waals surface area contributed by atoms with Gasteiger partial charge in [0.25, 0.3) is 0 Å². The Labute approximate surface area is 173 Å². The predicted molar refractivity (Wildman–Crippen MR) is 116 cm³/mol. The van der Waals surface area contributed by atoms with Gasteiger partial charge in [-0.15, -0.1) is 10.2 Å². The van der Waals surface area contributed by atoms with Crippen molar-refractivity contribution in [2.75, 3.05) is 25.0 Å². The first-order valence-corrected chi connectivity index (χ1v) is 10.1. The first-order chi connectivity index (χ1) is 14.0. The molecule has 1 atom stereocenters. The van der Waals surface area contributed by atoms with Crippen LogP contribution in [0.1, 0.15) is 28.6 Å². The van der Waals surface area contributed by atoms with Crippen LogP contribution in [0.4, 0.5) is 10.8 Å². The Hall–Kier alpha value is -3.13. The van der Waals surface area contributed by atoms with Crippen LogP contribution >= 0.6 is 11.3 Å². The Bertz CT molecular complexity index is 1060. The maximum atomic E-state index is 5.90. The monoisotopic (exact) mass is 409 g/mol. The highest BCUT2D eigenvalue weighted by atomic mass is 32.1. The summed E-state index contributed by atoms with van der Waals surface area (Å²) in [5.41, 5.74) is 10.5. The molecule has 2 heterocycles. The minimum Gasteiger partial charge on any atom is -0.493 e. The van der Waals surface area contributed by atoms with Crippen molar-refractivity contribution < 1.29 is 9.47 Å². The zero-order chi connectivity index (χ0) is 20.5. The highest BCUT2D eigenvalue weighted by molar-refractivity contribution is 7.15. The van der Waals surface area contributed by atoms with E-state index in [9.17, 15) is 0 Å². The lowest BCUT2D eigenvalue weighted by Crippen LogP contribution is -2.29. The quantitative estimate of drug-likeness (QED) is 0.662. The number of hydrazone groups is 1. The van der Waals surface area contributed by atoms with Gasteiger partial charge in [-0.05, 0) is 50.1 Å². The summed E-state index contributed by atoms with van der Waals surface area (Å²) in [6.07, 6.45) is 0.774. The van der Waals surface area contributed by atoms with Gasteiger partial charge in [0.05, 0.1) is 26.0 Å². The van der Waals surface area contributed by atoms with Crippen molar-refractivity contribution in [1.29, 1.82) is 0 Å². The molecule has 2 N–H and O–H groups in total. The van der Waals surface area contributed by atoms with Crippen LogP contribution in [0.15, 0.2) is 41.5 Å². The fourth-order valence-corrected chi connectivity index (χ4v) is 4.18. The average molecular weight is 410 g/mol. The summed E-state index contributed by atoms with van der Waals surface area (Å²) in [5.74, 6) is 1.37. The molecular weight excluding hydrogens is 386 g/mol. The molecule has 0 saturated carbocycles. The van der Waals surface area contributed by atoms with E-state index in [0.717, 1.165) is 39.0 Å². The third-order valence-electron chi connectivity index (χ3n) is 4.90. The van der Waals surface area contributed by atoms with Gasteiger partial charge in [0.2, 0.25) is 5.13 Å². The highest BCUT2D eigenvalue weighted by Gasteiger charge is 2.27. The molecule has 3 aromatic rings. The molecule has 1 aliphatic rings. The van der Waals surface area contributed by atoms with Gasteiger partial charge >= 0.3 is 0 Å². The Morgan fingerprint density at radius 1 is 1.07 bits per heavy atom. The van der Waals surface area contributed by atoms with Gasteiger partial charge in [0.1, 0.15) is 5.01 Å². The van der Waals surface area contributed by atoms with E-state index in [1.807, 2.05) is 48.3 Å². The molecule has 0 fully saturated rings. The van der Waals surface area contributed by atoms with Crippen LogP contribution in [-0.4, -0.2) is 36.2 Å². The first kappa shape index (κ1) is 19.2. The van der Waals surface area contributed by atoms with E-state index in [2.05, 4.69) is 17.1 Å². The number of aryl methyl sites for hydroxylation is 1. The normalized spacial score (nSPS) is 16.1. The molecule has 0 saturated heterocycles. The van der Waals surface area contributed by atoms with Gasteiger partial charge in [0.15, 0.2) is 11.5 Å². The van der Waals surface area contributed by atoms with Gasteiger partial charge < -0.3 is 15.2 Å². The van der Waals surface area contributed by atoms with Crippen molar-refractivity contribution in [2.45, 2.75) is 26.3 Å². The highest BCUT2D eigenvalue weighted by Crippen LogP contribution is 2.36. The van der Waals surface area contributed by atoms with Crippen molar-refractivity contribution in [3.8, 4) is 11.5 Å². The van der Waals surface area contributed by atoms with Crippen LogP contribution in [0.3, 0.4) is 0 Å². The summed E-state index contributed by atoms with van der Waals surface area (Å²) in [6.45, 7) is 4.07. The maximum Gasteiger partial charge on any atom is 0.228 e. The lowest BCUT2D eigenvalue weighted by molar-refractivity contribution is 0.354. The van der Waals surface area contributed by atoms with Crippen molar-refractivity contribution in [3.63, 3.8) is 0 Å². The smallest absolute Gasteiger partial charge is 0.228 e. The third kappa shape index (κ3) is 3.63. The molecule has 4 rings (SSSR count). The van der Waals surface area contributed by atoms with Crippen LogP contribution in [0.2, 0.25) is 0 Å². The number of benzene rings is 2. The van der Waals surface area contributed by atoms with E-state index >= 15 is 0 Å². The number of nitrogens with zero attached hydrogens (tertiary/aromatic N) is 4. The molecule has 8 heteroatoms. The van der Waals surface area contributed by atoms with Crippen molar-refractivity contribution >= 4 is 27.9 Å². The molecule has 7 nitrogen and oxygen atoms in total. The SMILES string of the molecule is COc1cc2c(cc1OC)C(c1ccc(N)cc1)=NN(c1nnc(C)s1)C(C)C2. The van der Waals surface area contributed by atoms with Crippen LogP contribution in [0.5, 0.6) is 11.5 Å². The Kier molecular flexibility index (Phi) is 5.10. The number of hydrogen-bond donors (Lipinski definition) is 1. The van der Waals surface area contributed by atoms with Crippen LogP contribution in [0, 0.1) is 6.92 Å². The topological polar surface area (TPSA) is 85.9 Å². The largest absolute Gasteiger partial charge is 0.493 e. The number of fused-ring (bicyclic) bond motifs is 1. The maximum absolute atomic E-state index is 5.90. The number of nitrogens with two attached hydrogens (primary N) is 1. The zero-order valence-corrected chi connectivity index (χ0v) is 17.7. The van der Waals surface area contributed by atoms with E-state index in [1.165, 1.54) is 11.3 Å². The number of ether oxygens (including phenoxy) is 2. The lowest BCUT2D eigenvalue weighted by atomic mass is 9.94. The number of nitrogen functional groups attached to an aromatic ring is 1. The Balaban J connectivity index is 1.93. The zero-order valence-electron chi connectivity index (χ0n) is 16.8. The van der Waals surface area contributed by atoms with Crippen molar-refractivity contribution in [1.82, 2.24) is 10.2 Å². The number of aromatic nitrogens is 2. The van der Waals surface area contributed by atoms with E-state index in [0.29, 0.717) is 17.2 Å². The fourth-order valence-electron chi connectivity index (χ4n) is 3.44. The number of anilines is 2. The fraction of sp³-hybridized carbons (Fsp3) is 0.286. The first-order valence-electron chi connectivity index (χ1n) is 9.29. The summed E-state index contributed by atoms with van der Waals surface area (Å²) in [7, 11) is 3.29. The summed E-state index contributed by atoms with van der Waals surface area (Å²) < 4.78 is 11.1. The van der Waals surface area contributed by atoms with E-state index in [4.69, 9.17) is 20.3 Å². The molecule has 0 bridgehead atoms. The van der Waals surface area contributed by atoms with Crippen LogP contribution in [0.25, 0.3) is 0 Å². The summed E-state index contributed by atoms with van der Waals surface area (Å²) in [4.78, 5) is 0. The molecule has 0 radical (unpaired) electrons. The molecule has 1 unspecified atom stereocenters. The second kappa shape index (κ2) is 7.71. The molecule has 0 amide bonds. The second-order valence-corrected chi connectivity index (χ2v) is 8.10. The molecule has 150 valence electrons. The molecule has 29 heavy (non-hydrogen) atoms. The van der Waals surface area contributed by atoms with Gasteiger partial charge in [-0.2, -0.15) is 5.10 Å². The van der Waals surface area contributed by atoms with E-state index in [1.54, 1.807) is 14.2 Å². The molecular formula is C21H23N5O2S. The Morgan fingerprint density at radius 3 is 2.38 bits per heavy atom.